The molecule has 5 nitrogen and oxygen atoms in total. The molecular weight excluding hydrogens is 312 g/mol. The Morgan fingerprint density at radius 3 is 2.63 bits per heavy atom. The molecule has 0 aliphatic carbocycles. The van der Waals surface area contributed by atoms with Crippen LogP contribution < -0.4 is 0 Å². The van der Waals surface area contributed by atoms with Crippen LogP contribution in [0, 0.1) is 17.0 Å². The molecule has 1 aromatic carbocycles. The number of aryl methyl sites for hydroxylation is 1. The first-order valence-electron chi connectivity index (χ1n) is 6.17. The summed E-state index contributed by atoms with van der Waals surface area (Å²) in [6, 6.07) is 4.66. The summed E-state index contributed by atoms with van der Waals surface area (Å²) in [5, 5.41) is 10.9. The highest BCUT2D eigenvalue weighted by Crippen LogP contribution is 2.23. The highest BCUT2D eigenvalue weighted by Gasteiger charge is 2.23. The fraction of sp³-hybridized carbons (Fsp3) is 0.462. The highest BCUT2D eigenvalue weighted by molar-refractivity contribution is 9.09. The molecule has 0 N–H and O–H groups in total. The topological polar surface area (TPSA) is 63.5 Å². The maximum absolute atomic E-state index is 12.3. The zero-order valence-electron chi connectivity index (χ0n) is 10.6. The van der Waals surface area contributed by atoms with Gasteiger partial charge in [0.1, 0.15) is 0 Å². The Labute approximate surface area is 119 Å². The molecule has 19 heavy (non-hydrogen) atoms. The van der Waals surface area contributed by atoms with Crippen molar-refractivity contribution in [1.29, 1.82) is 0 Å². The van der Waals surface area contributed by atoms with Crippen LogP contribution in [-0.2, 0) is 0 Å². The molecule has 0 saturated carbocycles. The molecule has 0 unspecified atom stereocenters. The van der Waals surface area contributed by atoms with Crippen LogP contribution in [0.1, 0.15) is 28.8 Å². The van der Waals surface area contributed by atoms with Crippen molar-refractivity contribution in [2.75, 3.05) is 13.1 Å². The van der Waals surface area contributed by atoms with Crippen LogP contribution in [0.2, 0.25) is 0 Å². The van der Waals surface area contributed by atoms with Crippen LogP contribution >= 0.6 is 15.9 Å². The van der Waals surface area contributed by atoms with Crippen LogP contribution in [0.3, 0.4) is 0 Å². The molecule has 1 saturated heterocycles. The van der Waals surface area contributed by atoms with Crippen LogP contribution in [0.25, 0.3) is 0 Å². The molecule has 2 rings (SSSR count). The number of hydrogen-bond acceptors (Lipinski definition) is 3. The second-order valence-corrected chi connectivity index (χ2v) is 6.02. The summed E-state index contributed by atoms with van der Waals surface area (Å²) in [7, 11) is 0. The largest absolute Gasteiger partial charge is 0.339 e. The van der Waals surface area contributed by atoms with Crippen molar-refractivity contribution in [2.45, 2.75) is 24.6 Å². The van der Waals surface area contributed by atoms with Gasteiger partial charge in [0.05, 0.1) is 4.92 Å². The van der Waals surface area contributed by atoms with E-state index >= 15 is 0 Å². The Hall–Kier alpha value is -1.43. The summed E-state index contributed by atoms with van der Waals surface area (Å²) in [6.07, 6.45) is 1.83. The van der Waals surface area contributed by atoms with Crippen molar-refractivity contribution >= 4 is 27.5 Å². The molecule has 1 fully saturated rings. The van der Waals surface area contributed by atoms with E-state index in [-0.39, 0.29) is 11.6 Å². The average Bonchev–Trinajstić information content (AvgIpc) is 2.39. The van der Waals surface area contributed by atoms with Crippen molar-refractivity contribution in [3.8, 4) is 0 Å². The lowest BCUT2D eigenvalue weighted by Gasteiger charge is -2.29. The zero-order chi connectivity index (χ0) is 14.0. The highest BCUT2D eigenvalue weighted by atomic mass is 79.9. The number of halogens is 1. The van der Waals surface area contributed by atoms with Crippen LogP contribution in [0.4, 0.5) is 5.69 Å². The summed E-state index contributed by atoms with van der Waals surface area (Å²) in [5.41, 5.74) is 0.965. The summed E-state index contributed by atoms with van der Waals surface area (Å²) in [4.78, 5) is 24.9. The number of carbonyl (C=O) groups is 1. The average molecular weight is 327 g/mol. The molecule has 0 bridgehead atoms. The minimum absolute atomic E-state index is 0.00114. The van der Waals surface area contributed by atoms with Gasteiger partial charge in [-0.25, -0.2) is 0 Å². The van der Waals surface area contributed by atoms with Crippen molar-refractivity contribution in [1.82, 2.24) is 4.90 Å². The third-order valence-corrected chi connectivity index (χ3v) is 4.28. The lowest BCUT2D eigenvalue weighted by molar-refractivity contribution is -0.385. The fourth-order valence-electron chi connectivity index (χ4n) is 2.17. The van der Waals surface area contributed by atoms with Gasteiger partial charge in [-0.1, -0.05) is 22.0 Å². The lowest BCUT2D eigenvalue weighted by atomic mass is 10.1. The Morgan fingerprint density at radius 1 is 1.42 bits per heavy atom. The van der Waals surface area contributed by atoms with E-state index in [0.29, 0.717) is 29.0 Å². The molecule has 102 valence electrons. The van der Waals surface area contributed by atoms with Crippen molar-refractivity contribution in [3.63, 3.8) is 0 Å². The molecule has 1 aliphatic rings. The number of hydrogen-bond donors (Lipinski definition) is 0. The van der Waals surface area contributed by atoms with Gasteiger partial charge in [0, 0.05) is 35.1 Å². The quantitative estimate of drug-likeness (QED) is 0.477. The van der Waals surface area contributed by atoms with E-state index in [1.807, 2.05) is 0 Å². The Bertz CT molecular complexity index is 511. The predicted molar refractivity (Wildman–Crippen MR) is 75.7 cm³/mol. The molecule has 0 atom stereocenters. The third kappa shape index (κ3) is 3.12. The first-order chi connectivity index (χ1) is 8.99. The minimum Gasteiger partial charge on any atom is -0.339 e. The van der Waals surface area contributed by atoms with E-state index in [2.05, 4.69) is 15.9 Å². The number of amides is 1. The van der Waals surface area contributed by atoms with Gasteiger partial charge >= 0.3 is 0 Å². The smallest absolute Gasteiger partial charge is 0.273 e. The minimum atomic E-state index is -0.448. The summed E-state index contributed by atoms with van der Waals surface area (Å²) >= 11 is 3.53. The SMILES string of the molecule is Cc1ccc(C(=O)N2CCC(Br)CC2)cc1[N+](=O)[O-]. The summed E-state index contributed by atoms with van der Waals surface area (Å²) < 4.78 is 0. The summed E-state index contributed by atoms with van der Waals surface area (Å²) in [5.74, 6) is -0.123. The second-order valence-electron chi connectivity index (χ2n) is 4.73. The number of nitro groups is 1. The van der Waals surface area contributed by atoms with Gasteiger partial charge in [-0.2, -0.15) is 0 Å². The molecule has 0 aromatic heterocycles. The van der Waals surface area contributed by atoms with E-state index in [1.165, 1.54) is 6.07 Å². The zero-order valence-corrected chi connectivity index (χ0v) is 12.2. The number of nitro benzene ring substituents is 1. The van der Waals surface area contributed by atoms with E-state index in [4.69, 9.17) is 0 Å². The first kappa shape index (κ1) is 14.0. The van der Waals surface area contributed by atoms with Crippen molar-refractivity contribution in [3.05, 3.63) is 39.4 Å². The van der Waals surface area contributed by atoms with Gasteiger partial charge in [0.15, 0.2) is 0 Å². The van der Waals surface area contributed by atoms with Crippen LogP contribution in [0.5, 0.6) is 0 Å². The normalized spacial score (nSPS) is 16.4. The lowest BCUT2D eigenvalue weighted by Crippen LogP contribution is -2.38. The second kappa shape index (κ2) is 5.69. The van der Waals surface area contributed by atoms with E-state index in [0.717, 1.165) is 12.8 Å². The number of carbonyl (C=O) groups excluding carboxylic acids is 1. The Balaban J connectivity index is 2.20. The van der Waals surface area contributed by atoms with Crippen LogP contribution in [0.15, 0.2) is 18.2 Å². The van der Waals surface area contributed by atoms with Crippen LogP contribution in [-0.4, -0.2) is 33.6 Å². The van der Waals surface area contributed by atoms with Crippen molar-refractivity contribution < 1.29 is 9.72 Å². The maximum Gasteiger partial charge on any atom is 0.273 e. The monoisotopic (exact) mass is 326 g/mol. The Morgan fingerprint density at radius 2 is 2.05 bits per heavy atom. The molecule has 1 heterocycles. The van der Waals surface area contributed by atoms with Gasteiger partial charge in [-0.15, -0.1) is 0 Å². The van der Waals surface area contributed by atoms with Gasteiger partial charge in [0.2, 0.25) is 0 Å². The van der Waals surface area contributed by atoms with Gasteiger partial charge < -0.3 is 4.90 Å². The number of alkyl halides is 1. The Kier molecular flexibility index (Phi) is 4.19. The summed E-state index contributed by atoms with van der Waals surface area (Å²) in [6.45, 7) is 3.05. The van der Waals surface area contributed by atoms with Crippen molar-refractivity contribution in [2.24, 2.45) is 0 Å². The molecule has 1 aliphatic heterocycles. The van der Waals surface area contributed by atoms with Gasteiger partial charge in [-0.05, 0) is 25.8 Å². The third-order valence-electron chi connectivity index (χ3n) is 3.36. The number of nitrogens with zero attached hydrogens (tertiary/aromatic N) is 2. The first-order valence-corrected chi connectivity index (χ1v) is 7.09. The molecule has 1 aromatic rings. The fourth-order valence-corrected chi connectivity index (χ4v) is 2.58. The molecule has 0 spiro atoms. The number of piperidine rings is 1. The number of benzene rings is 1. The van der Waals surface area contributed by atoms with Gasteiger partial charge in [0.25, 0.3) is 11.6 Å². The van der Waals surface area contributed by atoms with E-state index < -0.39 is 4.92 Å². The van der Waals surface area contributed by atoms with Gasteiger partial charge in [-0.3, -0.25) is 14.9 Å². The molecule has 1 amide bonds. The molecular formula is C13H15BrN2O3. The molecule has 0 radical (unpaired) electrons. The van der Waals surface area contributed by atoms with E-state index in [1.54, 1.807) is 24.0 Å². The maximum atomic E-state index is 12.3. The number of rotatable bonds is 2. The predicted octanol–water partition coefficient (Wildman–Crippen LogP) is 2.90. The molecule has 6 heteroatoms. The standard InChI is InChI=1S/C13H15BrN2O3/c1-9-2-3-10(8-12(9)16(18)19)13(17)15-6-4-11(14)5-7-15/h2-3,8,11H,4-7H2,1H3. The van der Waals surface area contributed by atoms with E-state index in [9.17, 15) is 14.9 Å². The number of likely N-dealkylation sites (tertiary alicyclic amines) is 1.